The Kier molecular flexibility index (Phi) is 6.12. The molecule has 1 N–H and O–H groups in total. The first-order valence-corrected chi connectivity index (χ1v) is 8.98. The lowest BCUT2D eigenvalue weighted by molar-refractivity contribution is -0.385. The number of nitrogens with one attached hydrogen (secondary N) is 1. The van der Waals surface area contributed by atoms with Gasteiger partial charge >= 0.3 is 0 Å². The van der Waals surface area contributed by atoms with Gasteiger partial charge in [0.2, 0.25) is 0 Å². The van der Waals surface area contributed by atoms with E-state index in [1.54, 1.807) is 30.5 Å². The van der Waals surface area contributed by atoms with Gasteiger partial charge in [0.15, 0.2) is 0 Å². The smallest absolute Gasteiger partial charge is 0.284 e. The fourth-order valence-corrected chi connectivity index (χ4v) is 2.77. The molecule has 0 aliphatic carbocycles. The van der Waals surface area contributed by atoms with Crippen molar-refractivity contribution in [1.29, 1.82) is 0 Å². The normalized spacial score (nSPS) is 11.1. The number of nitro groups is 1. The maximum Gasteiger partial charge on any atom is 0.284 e. The lowest BCUT2D eigenvalue weighted by Gasteiger charge is -2.05. The van der Waals surface area contributed by atoms with Crippen LogP contribution in [0.2, 0.25) is 0 Å². The molecule has 0 aliphatic heterocycles. The first kappa shape index (κ1) is 18.5. The van der Waals surface area contributed by atoms with E-state index >= 15 is 0 Å². The minimum atomic E-state index is -0.416. The number of halogens is 1. The number of rotatable bonds is 6. The Morgan fingerprint density at radius 2 is 1.67 bits per heavy atom. The molecule has 0 unspecified atom stereocenters. The number of nitro benzene ring substituents is 1. The number of allylic oxidation sites excluding steroid dienone is 1. The summed E-state index contributed by atoms with van der Waals surface area (Å²) in [7, 11) is 0. The molecule has 3 aromatic carbocycles. The molecule has 0 radical (unpaired) electrons. The van der Waals surface area contributed by atoms with Crippen LogP contribution < -0.4 is 5.32 Å². The Labute approximate surface area is 165 Å². The quantitative estimate of drug-likeness (QED) is 0.280. The van der Waals surface area contributed by atoms with Crippen molar-refractivity contribution in [3.05, 3.63) is 99.0 Å². The van der Waals surface area contributed by atoms with Crippen molar-refractivity contribution in [2.45, 2.75) is 0 Å². The predicted octanol–water partition coefficient (Wildman–Crippen LogP) is 6.52. The van der Waals surface area contributed by atoms with Crippen molar-refractivity contribution in [2.24, 2.45) is 4.99 Å². The van der Waals surface area contributed by atoms with Gasteiger partial charge in [0.1, 0.15) is 0 Å². The third kappa shape index (κ3) is 5.36. The van der Waals surface area contributed by atoms with Crippen LogP contribution >= 0.6 is 15.9 Å². The standard InChI is InChI=1S/C21H16BrN3O2/c22-20-13-8-16(15-21(20)25(26)27)5-4-14-23-17-9-11-19(12-10-17)24-18-6-2-1-3-7-18/h1-15,24H. The first-order chi connectivity index (χ1) is 13.1. The van der Waals surface area contributed by atoms with E-state index in [1.807, 2.05) is 54.6 Å². The zero-order valence-electron chi connectivity index (χ0n) is 14.2. The highest BCUT2D eigenvalue weighted by molar-refractivity contribution is 9.10. The van der Waals surface area contributed by atoms with Crippen molar-refractivity contribution >= 4 is 51.0 Å². The number of benzene rings is 3. The van der Waals surface area contributed by atoms with Crippen molar-refractivity contribution in [2.75, 3.05) is 5.32 Å². The lowest BCUT2D eigenvalue weighted by atomic mass is 10.2. The molecular formula is C21H16BrN3O2. The Morgan fingerprint density at radius 3 is 2.37 bits per heavy atom. The van der Waals surface area contributed by atoms with Crippen LogP contribution in [0, 0.1) is 10.1 Å². The van der Waals surface area contributed by atoms with Gasteiger partial charge in [-0.15, -0.1) is 0 Å². The van der Waals surface area contributed by atoms with E-state index < -0.39 is 4.92 Å². The Hall–Kier alpha value is -3.25. The second kappa shape index (κ2) is 8.91. The molecule has 0 saturated carbocycles. The summed E-state index contributed by atoms with van der Waals surface area (Å²) in [6.07, 6.45) is 5.19. The molecule has 6 heteroatoms. The lowest BCUT2D eigenvalue weighted by Crippen LogP contribution is -1.89. The van der Waals surface area contributed by atoms with Crippen LogP contribution in [0.15, 0.2) is 88.3 Å². The molecule has 0 saturated heterocycles. The molecule has 0 aliphatic rings. The van der Waals surface area contributed by atoms with Crippen molar-refractivity contribution < 1.29 is 4.92 Å². The summed E-state index contributed by atoms with van der Waals surface area (Å²) >= 11 is 3.17. The van der Waals surface area contributed by atoms with Gasteiger partial charge in [-0.05, 0) is 70.0 Å². The van der Waals surface area contributed by atoms with E-state index in [0.29, 0.717) is 4.47 Å². The van der Waals surface area contributed by atoms with E-state index in [4.69, 9.17) is 0 Å². The van der Waals surface area contributed by atoms with Gasteiger partial charge in [-0.25, -0.2) is 0 Å². The van der Waals surface area contributed by atoms with E-state index in [9.17, 15) is 10.1 Å². The molecule has 0 heterocycles. The molecular weight excluding hydrogens is 406 g/mol. The predicted molar refractivity (Wildman–Crippen MR) is 114 cm³/mol. The van der Waals surface area contributed by atoms with Crippen LogP contribution in [0.25, 0.3) is 6.08 Å². The van der Waals surface area contributed by atoms with E-state index in [1.165, 1.54) is 6.07 Å². The number of anilines is 2. The average Bonchev–Trinajstić information content (AvgIpc) is 2.68. The largest absolute Gasteiger partial charge is 0.356 e. The molecule has 0 amide bonds. The molecule has 27 heavy (non-hydrogen) atoms. The monoisotopic (exact) mass is 421 g/mol. The highest BCUT2D eigenvalue weighted by Crippen LogP contribution is 2.26. The van der Waals surface area contributed by atoms with Gasteiger partial charge in [0, 0.05) is 23.7 Å². The minimum Gasteiger partial charge on any atom is -0.356 e. The third-order valence-corrected chi connectivity index (χ3v) is 4.37. The van der Waals surface area contributed by atoms with Crippen LogP contribution in [-0.4, -0.2) is 11.1 Å². The molecule has 134 valence electrons. The maximum absolute atomic E-state index is 11.0. The molecule has 3 rings (SSSR count). The number of para-hydroxylation sites is 1. The molecule has 0 spiro atoms. The summed E-state index contributed by atoms with van der Waals surface area (Å²) in [5, 5.41) is 14.3. The third-order valence-electron chi connectivity index (χ3n) is 3.70. The summed E-state index contributed by atoms with van der Waals surface area (Å²) in [5.41, 5.74) is 3.60. The van der Waals surface area contributed by atoms with E-state index in [0.717, 1.165) is 22.6 Å². The van der Waals surface area contributed by atoms with Crippen molar-refractivity contribution in [3.8, 4) is 0 Å². The Balaban J connectivity index is 1.62. The van der Waals surface area contributed by atoms with E-state index in [-0.39, 0.29) is 5.69 Å². The first-order valence-electron chi connectivity index (χ1n) is 8.18. The molecule has 0 aromatic heterocycles. The second-order valence-corrected chi connectivity index (χ2v) is 6.50. The minimum absolute atomic E-state index is 0.0376. The van der Waals surface area contributed by atoms with Gasteiger partial charge in [-0.1, -0.05) is 30.3 Å². The highest BCUT2D eigenvalue weighted by Gasteiger charge is 2.10. The molecule has 0 fully saturated rings. The van der Waals surface area contributed by atoms with Gasteiger partial charge < -0.3 is 5.32 Å². The average molecular weight is 422 g/mol. The zero-order valence-corrected chi connectivity index (χ0v) is 15.8. The maximum atomic E-state index is 11.0. The van der Waals surface area contributed by atoms with Crippen LogP contribution in [0.4, 0.5) is 22.7 Å². The van der Waals surface area contributed by atoms with Crippen LogP contribution in [0.3, 0.4) is 0 Å². The highest BCUT2D eigenvalue weighted by atomic mass is 79.9. The Bertz CT molecular complexity index is 984. The number of nitrogens with zero attached hydrogens (tertiary/aromatic N) is 2. The molecule has 3 aromatic rings. The summed E-state index contributed by atoms with van der Waals surface area (Å²) in [6.45, 7) is 0. The van der Waals surface area contributed by atoms with Crippen LogP contribution in [0.5, 0.6) is 0 Å². The summed E-state index contributed by atoms with van der Waals surface area (Å²) < 4.78 is 0.461. The van der Waals surface area contributed by atoms with Gasteiger partial charge in [0.05, 0.1) is 15.1 Å². The summed E-state index contributed by atoms with van der Waals surface area (Å²) in [6, 6.07) is 22.7. The number of hydrogen-bond donors (Lipinski definition) is 1. The second-order valence-electron chi connectivity index (χ2n) is 5.64. The van der Waals surface area contributed by atoms with Crippen LogP contribution in [0.1, 0.15) is 5.56 Å². The zero-order chi connectivity index (χ0) is 19.1. The van der Waals surface area contributed by atoms with E-state index in [2.05, 4.69) is 26.2 Å². The molecule has 0 bridgehead atoms. The van der Waals surface area contributed by atoms with Gasteiger partial charge in [0.25, 0.3) is 5.69 Å². The SMILES string of the molecule is O=[N+]([O-])c1cc(C=CC=Nc2ccc(Nc3ccccc3)cc2)ccc1Br. The van der Waals surface area contributed by atoms with Crippen molar-refractivity contribution in [1.82, 2.24) is 0 Å². The topological polar surface area (TPSA) is 67.5 Å². The van der Waals surface area contributed by atoms with Gasteiger partial charge in [-0.3, -0.25) is 15.1 Å². The number of hydrogen-bond acceptors (Lipinski definition) is 4. The fourth-order valence-electron chi connectivity index (χ4n) is 2.38. The summed E-state index contributed by atoms with van der Waals surface area (Å²) in [5.74, 6) is 0. The van der Waals surface area contributed by atoms with Gasteiger partial charge in [-0.2, -0.15) is 0 Å². The van der Waals surface area contributed by atoms with Crippen molar-refractivity contribution in [3.63, 3.8) is 0 Å². The molecule has 5 nitrogen and oxygen atoms in total. The molecule has 0 atom stereocenters. The van der Waals surface area contributed by atoms with Crippen LogP contribution in [-0.2, 0) is 0 Å². The fraction of sp³-hybridized carbons (Fsp3) is 0. The summed E-state index contributed by atoms with van der Waals surface area (Å²) in [4.78, 5) is 14.9. The Morgan fingerprint density at radius 1 is 0.963 bits per heavy atom. The number of aliphatic imine (C=N–C) groups is 1.